The number of halogens is 3. The molecule has 0 aromatic heterocycles. The first kappa shape index (κ1) is 16.8. The summed E-state index contributed by atoms with van der Waals surface area (Å²) in [4.78, 5) is 0.0968. The molecule has 0 unspecified atom stereocenters. The van der Waals surface area contributed by atoms with Crippen LogP contribution < -0.4 is 4.18 Å². The van der Waals surface area contributed by atoms with Crippen molar-refractivity contribution in [3.63, 3.8) is 0 Å². The summed E-state index contributed by atoms with van der Waals surface area (Å²) in [5.74, 6) is -0.142. The maximum absolute atomic E-state index is 12.6. The van der Waals surface area contributed by atoms with E-state index in [2.05, 4.69) is 0 Å². The molecule has 1 aliphatic rings. The molecule has 24 heavy (non-hydrogen) atoms. The smallest absolute Gasteiger partial charge is 0.379 e. The van der Waals surface area contributed by atoms with Crippen molar-refractivity contribution in [1.29, 1.82) is 0 Å². The Morgan fingerprint density at radius 3 is 2.25 bits per heavy atom. The summed E-state index contributed by atoms with van der Waals surface area (Å²) in [5, 5.41) is 0. The molecule has 0 bridgehead atoms. The molecular formula is C17H15F3O3S. The summed E-state index contributed by atoms with van der Waals surface area (Å²) in [5.41, 5.74) is 0.873. The fourth-order valence-corrected chi connectivity index (χ4v) is 4.09. The molecule has 2 aromatic rings. The maximum Gasteiger partial charge on any atom is 0.416 e. The lowest BCUT2D eigenvalue weighted by Crippen LogP contribution is -2.15. The summed E-state index contributed by atoms with van der Waals surface area (Å²) in [6.45, 7) is 0. The number of hydrogen-bond acceptors (Lipinski definition) is 3. The van der Waals surface area contributed by atoms with E-state index in [0.717, 1.165) is 54.7 Å². The number of rotatable bonds is 3. The van der Waals surface area contributed by atoms with Crippen molar-refractivity contribution in [2.45, 2.75) is 36.8 Å². The van der Waals surface area contributed by atoms with Crippen LogP contribution >= 0.6 is 0 Å². The first-order valence-electron chi connectivity index (χ1n) is 7.50. The Balaban J connectivity index is 1.90. The molecule has 0 saturated heterocycles. The highest BCUT2D eigenvalue weighted by Crippen LogP contribution is 2.32. The van der Waals surface area contributed by atoms with Crippen LogP contribution in [0.15, 0.2) is 47.4 Å². The van der Waals surface area contributed by atoms with Gasteiger partial charge >= 0.3 is 16.3 Å². The SMILES string of the molecule is O=S(=O)(Oc1ccc(C(F)(F)F)cc1)c1cccc2c1CCCC2. The van der Waals surface area contributed by atoms with Crippen LogP contribution in [0.4, 0.5) is 13.2 Å². The highest BCUT2D eigenvalue weighted by atomic mass is 32.2. The van der Waals surface area contributed by atoms with E-state index in [4.69, 9.17) is 4.18 Å². The largest absolute Gasteiger partial charge is 0.416 e. The minimum atomic E-state index is -4.48. The van der Waals surface area contributed by atoms with Crippen molar-refractivity contribution >= 4 is 10.1 Å². The molecule has 0 fully saturated rings. The number of hydrogen-bond donors (Lipinski definition) is 0. The van der Waals surface area contributed by atoms with Gasteiger partial charge in [-0.25, -0.2) is 0 Å². The molecule has 0 radical (unpaired) electrons. The molecule has 1 aliphatic carbocycles. The predicted octanol–water partition coefficient (Wildman–Crippen LogP) is 4.35. The van der Waals surface area contributed by atoms with Gasteiger partial charge in [-0.3, -0.25) is 0 Å². The van der Waals surface area contributed by atoms with E-state index in [1.807, 2.05) is 6.07 Å². The van der Waals surface area contributed by atoms with Crippen LogP contribution in [0.5, 0.6) is 5.75 Å². The first-order valence-corrected chi connectivity index (χ1v) is 8.91. The van der Waals surface area contributed by atoms with Gasteiger partial charge in [0.1, 0.15) is 10.6 Å². The Bertz CT molecular complexity index is 840. The summed E-state index contributed by atoms with van der Waals surface area (Å²) < 4.78 is 67.7. The van der Waals surface area contributed by atoms with E-state index >= 15 is 0 Å². The third kappa shape index (κ3) is 3.40. The zero-order chi connectivity index (χ0) is 17.4. The second-order valence-corrected chi connectivity index (χ2v) is 7.18. The lowest BCUT2D eigenvalue weighted by molar-refractivity contribution is -0.137. The monoisotopic (exact) mass is 356 g/mol. The molecular weight excluding hydrogens is 341 g/mol. The number of benzene rings is 2. The topological polar surface area (TPSA) is 43.4 Å². The van der Waals surface area contributed by atoms with Crippen molar-refractivity contribution in [1.82, 2.24) is 0 Å². The van der Waals surface area contributed by atoms with Gasteiger partial charge in [-0.05, 0) is 67.1 Å². The summed E-state index contributed by atoms with van der Waals surface area (Å²) in [7, 11) is -4.08. The molecule has 0 saturated carbocycles. The molecule has 3 nitrogen and oxygen atoms in total. The third-order valence-electron chi connectivity index (χ3n) is 4.01. The number of aryl methyl sites for hydroxylation is 1. The lowest BCUT2D eigenvalue weighted by atomic mass is 9.92. The van der Waals surface area contributed by atoms with Crippen LogP contribution in [0.1, 0.15) is 29.5 Å². The van der Waals surface area contributed by atoms with E-state index in [9.17, 15) is 21.6 Å². The molecule has 3 rings (SSSR count). The van der Waals surface area contributed by atoms with Crippen molar-refractivity contribution in [2.24, 2.45) is 0 Å². The summed E-state index contributed by atoms with van der Waals surface area (Å²) in [6.07, 6.45) is -1.09. The van der Waals surface area contributed by atoms with Crippen molar-refractivity contribution in [3.05, 3.63) is 59.2 Å². The zero-order valence-corrected chi connectivity index (χ0v) is 13.5. The number of fused-ring (bicyclic) bond motifs is 1. The second kappa shape index (κ2) is 6.12. The second-order valence-electron chi connectivity index (χ2n) is 5.66. The molecule has 0 aliphatic heterocycles. The van der Waals surface area contributed by atoms with Gasteiger partial charge < -0.3 is 4.18 Å². The van der Waals surface area contributed by atoms with Crippen molar-refractivity contribution in [3.8, 4) is 5.75 Å². The van der Waals surface area contributed by atoms with Crippen molar-refractivity contribution < 1.29 is 25.8 Å². The molecule has 0 atom stereocenters. The van der Waals surface area contributed by atoms with Gasteiger partial charge in [-0.15, -0.1) is 0 Å². The molecule has 0 spiro atoms. The molecule has 0 amide bonds. The molecule has 0 heterocycles. The van der Waals surface area contributed by atoms with Gasteiger partial charge in [0.05, 0.1) is 5.56 Å². The van der Waals surface area contributed by atoms with Crippen LogP contribution in [0.2, 0.25) is 0 Å². The highest BCUT2D eigenvalue weighted by Gasteiger charge is 2.30. The first-order chi connectivity index (χ1) is 11.3. The Morgan fingerprint density at radius 1 is 0.917 bits per heavy atom. The minimum Gasteiger partial charge on any atom is -0.379 e. The van der Waals surface area contributed by atoms with Crippen LogP contribution in [0, 0.1) is 0 Å². The summed E-state index contributed by atoms with van der Waals surface area (Å²) in [6, 6.07) is 8.64. The normalized spacial score (nSPS) is 15.0. The van der Waals surface area contributed by atoms with E-state index in [0.29, 0.717) is 6.42 Å². The van der Waals surface area contributed by atoms with Crippen LogP contribution in [0.25, 0.3) is 0 Å². The Morgan fingerprint density at radius 2 is 1.58 bits per heavy atom. The van der Waals surface area contributed by atoms with E-state index < -0.39 is 21.9 Å². The Hall–Kier alpha value is -2.02. The average Bonchev–Trinajstić information content (AvgIpc) is 2.53. The van der Waals surface area contributed by atoms with Crippen LogP contribution in [-0.4, -0.2) is 8.42 Å². The van der Waals surface area contributed by atoms with E-state index in [-0.39, 0.29) is 10.6 Å². The Kier molecular flexibility index (Phi) is 4.29. The maximum atomic E-state index is 12.6. The predicted molar refractivity (Wildman–Crippen MR) is 82.3 cm³/mol. The van der Waals surface area contributed by atoms with Crippen LogP contribution in [-0.2, 0) is 29.1 Å². The van der Waals surface area contributed by atoms with E-state index in [1.54, 1.807) is 6.07 Å². The highest BCUT2D eigenvalue weighted by molar-refractivity contribution is 7.87. The third-order valence-corrected chi connectivity index (χ3v) is 5.34. The van der Waals surface area contributed by atoms with Gasteiger partial charge in [0.15, 0.2) is 0 Å². The summed E-state index contributed by atoms with van der Waals surface area (Å²) >= 11 is 0. The van der Waals surface area contributed by atoms with Crippen LogP contribution in [0.3, 0.4) is 0 Å². The molecule has 128 valence electrons. The fourth-order valence-electron chi connectivity index (χ4n) is 2.85. The number of alkyl halides is 3. The standard InChI is InChI=1S/C17H15F3O3S/c18-17(19,20)13-8-10-14(11-9-13)23-24(21,22)16-7-3-5-12-4-1-2-6-15(12)16/h3,5,7-11H,1-2,4,6H2. The zero-order valence-electron chi connectivity index (χ0n) is 12.6. The average molecular weight is 356 g/mol. The van der Waals surface area contributed by atoms with Gasteiger partial charge in [-0.1, -0.05) is 12.1 Å². The quantitative estimate of drug-likeness (QED) is 0.768. The van der Waals surface area contributed by atoms with Gasteiger partial charge in [0, 0.05) is 0 Å². The van der Waals surface area contributed by atoms with Crippen molar-refractivity contribution in [2.75, 3.05) is 0 Å². The van der Waals surface area contributed by atoms with Gasteiger partial charge in [0.2, 0.25) is 0 Å². The van der Waals surface area contributed by atoms with Gasteiger partial charge in [-0.2, -0.15) is 21.6 Å². The fraction of sp³-hybridized carbons (Fsp3) is 0.294. The Labute approximate surface area is 138 Å². The van der Waals surface area contributed by atoms with E-state index in [1.165, 1.54) is 6.07 Å². The lowest BCUT2D eigenvalue weighted by Gasteiger charge is -2.19. The molecule has 2 aromatic carbocycles. The molecule has 0 N–H and O–H groups in total. The molecule has 7 heteroatoms. The minimum absolute atomic E-state index is 0.0968. The van der Waals surface area contributed by atoms with Gasteiger partial charge in [0.25, 0.3) is 0 Å².